The summed E-state index contributed by atoms with van der Waals surface area (Å²) in [5.74, 6) is 0.994. The number of rotatable bonds is 11. The number of carbonyl (C=O) groups is 4. The van der Waals surface area contributed by atoms with Gasteiger partial charge in [0.25, 0.3) is 0 Å². The van der Waals surface area contributed by atoms with E-state index in [1.807, 2.05) is 54.9 Å². The van der Waals surface area contributed by atoms with E-state index in [2.05, 4.69) is 30.3 Å². The van der Waals surface area contributed by atoms with Crippen molar-refractivity contribution in [1.82, 2.24) is 49.9 Å². The molecular formula is C46H49FN10O7S. The molecule has 7 heterocycles. The van der Waals surface area contributed by atoms with E-state index < -0.39 is 30.3 Å². The molecule has 1 aliphatic carbocycles. The van der Waals surface area contributed by atoms with Gasteiger partial charge < -0.3 is 44.6 Å². The second kappa shape index (κ2) is 17.0. The highest BCUT2D eigenvalue weighted by molar-refractivity contribution is 7.11. The number of ether oxygens (including phenoxy) is 3. The van der Waals surface area contributed by atoms with Crippen LogP contribution in [0, 0.1) is 11.7 Å². The number of hydrogen-bond donors (Lipinski definition) is 4. The van der Waals surface area contributed by atoms with Crippen molar-refractivity contribution >= 4 is 46.2 Å². The van der Waals surface area contributed by atoms with Gasteiger partial charge in [-0.3, -0.25) is 14.2 Å². The van der Waals surface area contributed by atoms with Crippen LogP contribution in [0.1, 0.15) is 98.1 Å². The highest BCUT2D eigenvalue weighted by Crippen LogP contribution is 2.50. The van der Waals surface area contributed by atoms with Crippen molar-refractivity contribution in [1.29, 1.82) is 0 Å². The van der Waals surface area contributed by atoms with Gasteiger partial charge in [-0.05, 0) is 74.8 Å². The van der Waals surface area contributed by atoms with Gasteiger partial charge >= 0.3 is 12.2 Å². The molecule has 17 nitrogen and oxygen atoms in total. The second-order valence-corrected chi connectivity index (χ2v) is 18.4. The summed E-state index contributed by atoms with van der Waals surface area (Å²) < 4.78 is 35.1. The Kier molecular flexibility index (Phi) is 11.0. The zero-order valence-corrected chi connectivity index (χ0v) is 37.2. The van der Waals surface area contributed by atoms with Crippen LogP contribution in [-0.2, 0) is 19.1 Å². The Morgan fingerprint density at radius 1 is 0.862 bits per heavy atom. The maximum Gasteiger partial charge on any atom is 0.407 e. The summed E-state index contributed by atoms with van der Waals surface area (Å²) in [5.41, 5.74) is 4.57. The molecule has 3 aliphatic heterocycles. The first-order chi connectivity index (χ1) is 31.5. The lowest BCUT2D eigenvalue weighted by molar-refractivity contribution is -0.135. The fourth-order valence-corrected chi connectivity index (χ4v) is 10.5. The molecule has 0 radical (unpaired) electrons. The molecule has 0 unspecified atom stereocenters. The number of likely N-dealkylation sites (tertiary alicyclic amines) is 2. The molecule has 4 N–H and O–H groups in total. The van der Waals surface area contributed by atoms with Crippen LogP contribution in [0.3, 0.4) is 0 Å². The van der Waals surface area contributed by atoms with E-state index in [9.17, 15) is 19.2 Å². The zero-order chi connectivity index (χ0) is 45.1. The summed E-state index contributed by atoms with van der Waals surface area (Å²) in [6, 6.07) is 9.98. The van der Waals surface area contributed by atoms with Gasteiger partial charge in [0, 0.05) is 41.7 Å². The number of aromatic amines is 2. The predicted molar refractivity (Wildman–Crippen MR) is 237 cm³/mol. The number of nitrogens with one attached hydrogen (secondary N) is 4. The molecule has 2 aromatic carbocycles. The van der Waals surface area contributed by atoms with Crippen LogP contribution >= 0.6 is 11.3 Å². The van der Waals surface area contributed by atoms with Crippen LogP contribution in [0.4, 0.5) is 14.0 Å². The number of halogens is 1. The number of methoxy groups -OCH3 is 2. The molecule has 2 saturated heterocycles. The number of benzene rings is 2. The van der Waals surface area contributed by atoms with Crippen molar-refractivity contribution in [2.75, 3.05) is 33.9 Å². The first-order valence-corrected chi connectivity index (χ1v) is 22.8. The number of H-pyrrole nitrogens is 2. The van der Waals surface area contributed by atoms with Crippen LogP contribution in [0.5, 0.6) is 5.75 Å². The van der Waals surface area contributed by atoms with Crippen molar-refractivity contribution in [3.05, 3.63) is 82.3 Å². The van der Waals surface area contributed by atoms with Gasteiger partial charge in [-0.15, -0.1) is 11.3 Å². The molecule has 0 spiro atoms. The first-order valence-electron chi connectivity index (χ1n) is 22.0. The molecule has 4 aromatic heterocycles. The van der Waals surface area contributed by atoms with Crippen molar-refractivity contribution in [2.24, 2.45) is 5.92 Å². The Morgan fingerprint density at radius 3 is 2.25 bits per heavy atom. The number of hydrogen-bond acceptors (Lipinski definition) is 11. The summed E-state index contributed by atoms with van der Waals surface area (Å²) in [4.78, 5) is 75.9. The van der Waals surface area contributed by atoms with Gasteiger partial charge in [0.1, 0.15) is 35.8 Å². The molecule has 338 valence electrons. The van der Waals surface area contributed by atoms with Crippen molar-refractivity contribution in [3.63, 3.8) is 0 Å². The summed E-state index contributed by atoms with van der Waals surface area (Å²) in [6.45, 7) is 4.63. The lowest BCUT2D eigenvalue weighted by Gasteiger charge is -2.30. The van der Waals surface area contributed by atoms with E-state index in [0.717, 1.165) is 64.1 Å². The third kappa shape index (κ3) is 7.84. The fourth-order valence-electron chi connectivity index (χ4n) is 9.39. The largest absolute Gasteiger partial charge is 0.464 e. The van der Waals surface area contributed by atoms with Gasteiger partial charge in [0.15, 0.2) is 0 Å². The van der Waals surface area contributed by atoms with Crippen LogP contribution < -0.4 is 15.4 Å². The van der Waals surface area contributed by atoms with Crippen molar-refractivity contribution < 1.29 is 37.8 Å². The molecule has 0 bridgehead atoms. The van der Waals surface area contributed by atoms with E-state index in [0.29, 0.717) is 65.3 Å². The summed E-state index contributed by atoms with van der Waals surface area (Å²) >= 11 is 1.62. The third-order valence-electron chi connectivity index (χ3n) is 12.8. The maximum absolute atomic E-state index is 16.8. The smallest absolute Gasteiger partial charge is 0.407 e. The number of thiazole rings is 1. The molecule has 4 aliphatic rings. The molecule has 65 heavy (non-hydrogen) atoms. The van der Waals surface area contributed by atoms with Gasteiger partial charge in [-0.1, -0.05) is 19.9 Å². The summed E-state index contributed by atoms with van der Waals surface area (Å²) in [6.07, 6.45) is 8.50. The number of alkyl carbamates (subject to hydrolysis) is 2. The van der Waals surface area contributed by atoms with Gasteiger partial charge in [-0.2, -0.15) is 0 Å². The number of amides is 4. The lowest BCUT2D eigenvalue weighted by Crippen LogP contribution is -2.51. The number of nitrogens with zero attached hydrogens (tertiary/aromatic N) is 6. The predicted octanol–water partition coefficient (Wildman–Crippen LogP) is 7.56. The summed E-state index contributed by atoms with van der Waals surface area (Å²) in [5, 5.41) is 7.09. The molecule has 4 amide bonds. The number of imidazole rings is 2. The highest BCUT2D eigenvalue weighted by Gasteiger charge is 2.39. The quantitative estimate of drug-likeness (QED) is 0.101. The topological polar surface area (TPSA) is 202 Å². The maximum atomic E-state index is 16.8. The third-order valence-corrected chi connectivity index (χ3v) is 14.0. The first kappa shape index (κ1) is 42.2. The van der Waals surface area contributed by atoms with Crippen LogP contribution in [0.2, 0.25) is 0 Å². The van der Waals surface area contributed by atoms with E-state index in [-0.39, 0.29) is 36.4 Å². The normalized spacial score (nSPS) is 19.5. The van der Waals surface area contributed by atoms with E-state index >= 15 is 4.39 Å². The Hall–Kier alpha value is -6.76. The minimum Gasteiger partial charge on any atom is -0.464 e. The number of aromatic nitrogens is 6. The van der Waals surface area contributed by atoms with Gasteiger partial charge in [-0.25, -0.2) is 28.9 Å². The molecule has 1 saturated carbocycles. The number of carbonyl (C=O) groups excluding carboxylic acids is 4. The fraction of sp³-hybridized carbons (Fsp3) is 0.413. The molecular weight excluding hydrogens is 856 g/mol. The molecule has 6 aromatic rings. The zero-order valence-electron chi connectivity index (χ0n) is 36.4. The molecule has 4 atom stereocenters. The van der Waals surface area contributed by atoms with Crippen molar-refractivity contribution in [3.8, 4) is 39.5 Å². The van der Waals surface area contributed by atoms with E-state index in [4.69, 9.17) is 19.4 Å². The average Bonchev–Trinajstić information content (AvgIpc) is 4.03. The minimum atomic E-state index is -0.741. The second-order valence-electron chi connectivity index (χ2n) is 17.4. The highest BCUT2D eigenvalue weighted by atomic mass is 32.1. The monoisotopic (exact) mass is 904 g/mol. The van der Waals surface area contributed by atoms with Crippen LogP contribution in [-0.4, -0.2) is 103 Å². The standard InChI is InChI=1S/C46H49FN10O7S/c1-23(2)39(54-46(61)63-4)43(59)56-14-6-8-33(56)41-48-19-29(52-41)25-11-12-31-27(15-25)17-34-38-28(47)16-26(18-35(38)64-44(57(31)34)36-21-50-42(65-36)24-9-10-24)30-20-49-40(53-30)32-7-5-13-55(32)37(58)22-51-45(60)62-3/h11-12,15-21,23-24,32-33,39,44H,5-10,13-14,22H2,1-4H3,(H,48,52)(H,49,53)(H,51,60)(H,54,61)/t32-,33-,39-,44-/m0/s1. The molecule has 3 fully saturated rings. The Balaban J connectivity index is 0.963. The Labute approximate surface area is 377 Å². The van der Waals surface area contributed by atoms with Crippen LogP contribution in [0.25, 0.3) is 44.7 Å². The summed E-state index contributed by atoms with van der Waals surface area (Å²) in [7, 11) is 2.52. The van der Waals surface area contributed by atoms with Gasteiger partial charge in [0.2, 0.25) is 18.0 Å². The van der Waals surface area contributed by atoms with E-state index in [1.54, 1.807) is 33.5 Å². The SMILES string of the molecule is COC(=O)NCC(=O)N1CCC[C@H]1c1ncc(-c2cc(F)c3c(c2)O[C@@H](c2cnc(C4CC4)s2)n2c-3cc3cc(-c4cnc([C@@H]5CCCN5C(=O)[C@@H](NC(=O)OC)C(C)C)[nH]4)ccc32)[nH]1. The number of fused-ring (bicyclic) bond motifs is 5. The van der Waals surface area contributed by atoms with Crippen LogP contribution in [0.15, 0.2) is 55.0 Å². The molecule has 10 rings (SSSR count). The Bertz CT molecular complexity index is 2830. The van der Waals surface area contributed by atoms with E-state index in [1.165, 1.54) is 20.3 Å². The minimum absolute atomic E-state index is 0.151. The Morgan fingerprint density at radius 2 is 1.55 bits per heavy atom. The van der Waals surface area contributed by atoms with Crippen molar-refractivity contribution in [2.45, 2.75) is 82.6 Å². The molecule has 19 heteroatoms. The lowest BCUT2D eigenvalue weighted by atomic mass is 10.0. The van der Waals surface area contributed by atoms with Gasteiger partial charge in [0.05, 0.1) is 76.7 Å². The average molecular weight is 905 g/mol.